The minimum Gasteiger partial charge on any atom is -0.372 e. The Balaban J connectivity index is 2.13. The van der Waals surface area contributed by atoms with Crippen molar-refractivity contribution in [3.63, 3.8) is 0 Å². The van der Waals surface area contributed by atoms with Crippen molar-refractivity contribution in [2.45, 2.75) is 18.8 Å². The molecule has 2 aromatic heterocycles. The lowest BCUT2D eigenvalue weighted by Gasteiger charge is -2.10. The summed E-state index contributed by atoms with van der Waals surface area (Å²) in [5.74, 6) is 2.08. The van der Waals surface area contributed by atoms with Gasteiger partial charge < -0.3 is 5.32 Å². The maximum absolute atomic E-state index is 4.65. The van der Waals surface area contributed by atoms with Crippen LogP contribution < -0.4 is 5.32 Å². The molecule has 2 heterocycles. The average molecular weight is 305 g/mol. The summed E-state index contributed by atoms with van der Waals surface area (Å²) in [7, 11) is 1.87. The number of halogens is 1. The molecule has 0 saturated heterocycles. The Morgan fingerprint density at radius 1 is 1.28 bits per heavy atom. The fourth-order valence-electron chi connectivity index (χ4n) is 1.87. The first-order valence-corrected chi connectivity index (χ1v) is 6.75. The van der Waals surface area contributed by atoms with E-state index < -0.39 is 0 Å². The lowest BCUT2D eigenvalue weighted by Crippen LogP contribution is -2.03. The molecule has 0 bridgehead atoms. The summed E-state index contributed by atoms with van der Waals surface area (Å²) in [5.41, 5.74) is 1.90. The smallest absolute Gasteiger partial charge is 0.180 e. The Hall–Kier alpha value is -1.49. The van der Waals surface area contributed by atoms with E-state index in [2.05, 4.69) is 36.2 Å². The fraction of sp³-hybridized carbons (Fsp3) is 0.308. The van der Waals surface area contributed by atoms with Crippen molar-refractivity contribution in [2.24, 2.45) is 0 Å². The molecule has 1 fully saturated rings. The van der Waals surface area contributed by atoms with E-state index in [1.807, 2.05) is 25.2 Å². The Morgan fingerprint density at radius 3 is 2.72 bits per heavy atom. The zero-order valence-electron chi connectivity index (χ0n) is 10.0. The average Bonchev–Trinajstić information content (AvgIpc) is 3.24. The summed E-state index contributed by atoms with van der Waals surface area (Å²) in [5, 5.41) is 3.10. The maximum Gasteiger partial charge on any atom is 0.180 e. The molecule has 0 aliphatic heterocycles. The standard InChI is InChI=1S/C13H13BrN4/c1-15-13-10(14)11(8-5-6-8)17-12(18-13)9-4-2-3-7-16-9/h2-4,7-8H,5-6H2,1H3,(H,15,17,18). The molecule has 1 N–H and O–H groups in total. The summed E-state index contributed by atoms with van der Waals surface area (Å²) in [6, 6.07) is 5.77. The van der Waals surface area contributed by atoms with Crippen molar-refractivity contribution in [1.29, 1.82) is 0 Å². The van der Waals surface area contributed by atoms with Crippen LogP contribution in [-0.4, -0.2) is 22.0 Å². The molecular weight excluding hydrogens is 292 g/mol. The quantitative estimate of drug-likeness (QED) is 0.946. The number of pyridine rings is 1. The Labute approximate surface area is 114 Å². The van der Waals surface area contributed by atoms with Gasteiger partial charge in [0.15, 0.2) is 5.82 Å². The van der Waals surface area contributed by atoms with E-state index in [9.17, 15) is 0 Å². The minimum atomic E-state index is 0.567. The van der Waals surface area contributed by atoms with E-state index in [1.165, 1.54) is 12.8 Å². The first-order valence-electron chi connectivity index (χ1n) is 5.96. The molecule has 0 spiro atoms. The van der Waals surface area contributed by atoms with Crippen LogP contribution >= 0.6 is 15.9 Å². The normalized spacial score (nSPS) is 14.6. The topological polar surface area (TPSA) is 50.7 Å². The van der Waals surface area contributed by atoms with Gasteiger partial charge in [-0.25, -0.2) is 9.97 Å². The van der Waals surface area contributed by atoms with Gasteiger partial charge in [0.1, 0.15) is 11.5 Å². The monoisotopic (exact) mass is 304 g/mol. The van der Waals surface area contributed by atoms with Crippen molar-refractivity contribution in [2.75, 3.05) is 12.4 Å². The minimum absolute atomic E-state index is 0.567. The van der Waals surface area contributed by atoms with Crippen LogP contribution in [0.3, 0.4) is 0 Å². The molecule has 2 aromatic rings. The van der Waals surface area contributed by atoms with E-state index in [4.69, 9.17) is 0 Å². The molecule has 0 unspecified atom stereocenters. The van der Waals surface area contributed by atoms with Crippen LogP contribution in [-0.2, 0) is 0 Å². The highest BCUT2D eigenvalue weighted by Crippen LogP contribution is 2.44. The van der Waals surface area contributed by atoms with Gasteiger partial charge in [0, 0.05) is 19.2 Å². The second-order valence-corrected chi connectivity index (χ2v) is 5.13. The number of rotatable bonds is 3. The van der Waals surface area contributed by atoms with Gasteiger partial charge in [0.2, 0.25) is 0 Å². The molecule has 0 radical (unpaired) electrons. The Morgan fingerprint density at radius 2 is 2.11 bits per heavy atom. The van der Waals surface area contributed by atoms with Crippen LogP contribution in [0.4, 0.5) is 5.82 Å². The highest BCUT2D eigenvalue weighted by atomic mass is 79.9. The molecule has 92 valence electrons. The molecule has 3 rings (SSSR count). The van der Waals surface area contributed by atoms with Gasteiger partial charge in [0.05, 0.1) is 10.2 Å². The van der Waals surface area contributed by atoms with Crippen LogP contribution in [0.2, 0.25) is 0 Å². The summed E-state index contributed by atoms with van der Waals surface area (Å²) < 4.78 is 0.979. The second kappa shape index (κ2) is 4.65. The SMILES string of the molecule is CNc1nc(-c2ccccn2)nc(C2CC2)c1Br. The van der Waals surface area contributed by atoms with Gasteiger partial charge in [-0.2, -0.15) is 0 Å². The highest BCUT2D eigenvalue weighted by molar-refractivity contribution is 9.10. The van der Waals surface area contributed by atoms with Crippen molar-refractivity contribution >= 4 is 21.7 Å². The van der Waals surface area contributed by atoms with Crippen molar-refractivity contribution in [3.05, 3.63) is 34.6 Å². The van der Waals surface area contributed by atoms with Gasteiger partial charge in [-0.1, -0.05) is 6.07 Å². The maximum atomic E-state index is 4.65. The predicted molar refractivity (Wildman–Crippen MR) is 74.5 cm³/mol. The highest BCUT2D eigenvalue weighted by Gasteiger charge is 2.29. The van der Waals surface area contributed by atoms with Gasteiger partial charge >= 0.3 is 0 Å². The van der Waals surface area contributed by atoms with E-state index in [-0.39, 0.29) is 0 Å². The number of aromatic nitrogens is 3. The molecule has 0 atom stereocenters. The number of anilines is 1. The number of nitrogens with one attached hydrogen (secondary N) is 1. The summed E-state index contributed by atoms with van der Waals surface area (Å²) in [6.45, 7) is 0. The molecular formula is C13H13BrN4. The zero-order chi connectivity index (χ0) is 12.5. The third kappa shape index (κ3) is 2.10. The number of nitrogens with zero attached hydrogens (tertiary/aromatic N) is 3. The van der Waals surface area contributed by atoms with Crippen molar-refractivity contribution < 1.29 is 0 Å². The van der Waals surface area contributed by atoms with Crippen LogP contribution in [0.25, 0.3) is 11.5 Å². The predicted octanol–water partition coefficient (Wildman–Crippen LogP) is 3.22. The van der Waals surface area contributed by atoms with Gasteiger partial charge in [0.25, 0.3) is 0 Å². The molecule has 0 aromatic carbocycles. The van der Waals surface area contributed by atoms with Gasteiger partial charge in [-0.05, 0) is 40.9 Å². The molecule has 4 nitrogen and oxygen atoms in total. The number of hydrogen-bond donors (Lipinski definition) is 1. The lowest BCUT2D eigenvalue weighted by atomic mass is 10.2. The van der Waals surface area contributed by atoms with Gasteiger partial charge in [-0.3, -0.25) is 4.98 Å². The third-order valence-electron chi connectivity index (χ3n) is 2.97. The van der Waals surface area contributed by atoms with E-state index in [1.54, 1.807) is 6.20 Å². The summed E-state index contributed by atoms with van der Waals surface area (Å²) >= 11 is 3.58. The largest absolute Gasteiger partial charge is 0.372 e. The van der Waals surface area contributed by atoms with E-state index in [0.29, 0.717) is 11.7 Å². The van der Waals surface area contributed by atoms with Crippen LogP contribution in [0, 0.1) is 0 Å². The van der Waals surface area contributed by atoms with Crippen LogP contribution in [0.5, 0.6) is 0 Å². The number of hydrogen-bond acceptors (Lipinski definition) is 4. The Bertz CT molecular complexity index is 567. The third-order valence-corrected chi connectivity index (χ3v) is 3.75. The van der Waals surface area contributed by atoms with E-state index in [0.717, 1.165) is 21.7 Å². The van der Waals surface area contributed by atoms with Crippen LogP contribution in [0.1, 0.15) is 24.5 Å². The lowest BCUT2D eigenvalue weighted by molar-refractivity contribution is 0.974. The summed E-state index contributed by atoms with van der Waals surface area (Å²) in [6.07, 6.45) is 4.18. The first-order chi connectivity index (χ1) is 8.79. The van der Waals surface area contributed by atoms with Crippen LogP contribution in [0.15, 0.2) is 28.9 Å². The molecule has 5 heteroatoms. The van der Waals surface area contributed by atoms with Crippen molar-refractivity contribution in [3.8, 4) is 11.5 Å². The fourth-order valence-corrected chi connectivity index (χ4v) is 2.57. The molecule has 0 amide bonds. The van der Waals surface area contributed by atoms with Gasteiger partial charge in [-0.15, -0.1) is 0 Å². The molecule has 1 saturated carbocycles. The first kappa shape index (κ1) is 11.6. The molecule has 1 aliphatic carbocycles. The van der Waals surface area contributed by atoms with Crippen molar-refractivity contribution in [1.82, 2.24) is 15.0 Å². The van der Waals surface area contributed by atoms with E-state index >= 15 is 0 Å². The Kier molecular flexibility index (Phi) is 2.99. The summed E-state index contributed by atoms with van der Waals surface area (Å²) in [4.78, 5) is 13.5. The molecule has 18 heavy (non-hydrogen) atoms. The second-order valence-electron chi connectivity index (χ2n) is 4.33. The molecule has 1 aliphatic rings. The zero-order valence-corrected chi connectivity index (χ0v) is 11.6.